The number of sulfonamides is 1. The molecule has 0 aromatic heterocycles. The molecule has 4 rings (SSSR count). The van der Waals surface area contributed by atoms with Gasteiger partial charge in [-0.3, -0.25) is 14.4 Å². The number of nitrogens with two attached hydrogens (primary N) is 2. The van der Waals surface area contributed by atoms with Gasteiger partial charge >= 0.3 is 11.9 Å². The van der Waals surface area contributed by atoms with Crippen LogP contribution in [0.15, 0.2) is 77.7 Å². The standard InChI is InChI=1S/C29H30N4O7S.2ClH/c1-33(27(34)13-7-19-6-12-25(39-28(35)17-30)26(14-19)40-29(36)18-31)23-8-10-24(11-9-23)41(37,38)32-22-15-20-4-2-3-5-21(20)16-22;;/h2-14,22,32H,15-18,30-31H2,1H3;2*1H/b13-7+;;. The molecule has 1 amide bonds. The Morgan fingerprint density at radius 1 is 0.884 bits per heavy atom. The third kappa shape index (κ3) is 9.10. The van der Waals surface area contributed by atoms with Crippen LogP contribution in [0.4, 0.5) is 5.69 Å². The van der Waals surface area contributed by atoms with Crippen molar-refractivity contribution in [3.8, 4) is 11.5 Å². The second-order valence-corrected chi connectivity index (χ2v) is 11.0. The number of halogens is 2. The maximum atomic E-state index is 13.0. The molecular weight excluding hydrogens is 619 g/mol. The molecule has 0 saturated heterocycles. The molecule has 0 heterocycles. The van der Waals surface area contributed by atoms with Crippen molar-refractivity contribution in [1.29, 1.82) is 0 Å². The summed E-state index contributed by atoms with van der Waals surface area (Å²) in [5.74, 6) is -1.96. The Morgan fingerprint density at radius 2 is 1.44 bits per heavy atom. The van der Waals surface area contributed by atoms with Crippen molar-refractivity contribution in [1.82, 2.24) is 4.72 Å². The number of ether oxygens (including phenoxy) is 2. The molecule has 3 aromatic carbocycles. The van der Waals surface area contributed by atoms with Gasteiger partial charge in [-0.2, -0.15) is 0 Å². The number of hydrogen-bond donors (Lipinski definition) is 3. The summed E-state index contributed by atoms with van der Waals surface area (Å²) in [6.45, 7) is -0.760. The van der Waals surface area contributed by atoms with E-state index in [1.165, 1.54) is 41.3 Å². The highest BCUT2D eigenvalue weighted by atomic mass is 35.5. The monoisotopic (exact) mass is 650 g/mol. The molecule has 0 radical (unpaired) electrons. The third-order valence-corrected chi connectivity index (χ3v) is 7.94. The van der Waals surface area contributed by atoms with Crippen LogP contribution in [0.3, 0.4) is 0 Å². The molecule has 0 fully saturated rings. The van der Waals surface area contributed by atoms with Gasteiger partial charge in [0.05, 0.1) is 18.0 Å². The van der Waals surface area contributed by atoms with Gasteiger partial charge in [0.1, 0.15) is 0 Å². The maximum absolute atomic E-state index is 13.0. The number of esters is 2. The van der Waals surface area contributed by atoms with E-state index in [9.17, 15) is 22.8 Å². The normalized spacial score (nSPS) is 12.5. The first-order valence-corrected chi connectivity index (χ1v) is 14.2. The Kier molecular flexibility index (Phi) is 12.9. The molecule has 5 N–H and O–H groups in total. The molecule has 230 valence electrons. The molecular formula is C29H32Cl2N4O7S. The highest BCUT2D eigenvalue weighted by Crippen LogP contribution is 2.29. The van der Waals surface area contributed by atoms with E-state index in [0.29, 0.717) is 24.1 Å². The van der Waals surface area contributed by atoms with E-state index in [1.54, 1.807) is 25.2 Å². The van der Waals surface area contributed by atoms with Gasteiger partial charge in [0.15, 0.2) is 11.5 Å². The number of anilines is 1. The van der Waals surface area contributed by atoms with E-state index in [1.807, 2.05) is 24.3 Å². The van der Waals surface area contributed by atoms with E-state index in [4.69, 9.17) is 20.9 Å². The molecule has 14 heteroatoms. The van der Waals surface area contributed by atoms with Crippen LogP contribution in [0.1, 0.15) is 16.7 Å². The number of likely N-dealkylation sites (N-methyl/N-ethyl adjacent to an activating group) is 1. The molecule has 0 unspecified atom stereocenters. The van der Waals surface area contributed by atoms with Crippen LogP contribution in [0.5, 0.6) is 11.5 Å². The van der Waals surface area contributed by atoms with Gasteiger partial charge in [-0.1, -0.05) is 30.3 Å². The fraction of sp³-hybridized carbons (Fsp3) is 0.207. The van der Waals surface area contributed by atoms with Crippen molar-refractivity contribution in [2.45, 2.75) is 23.8 Å². The van der Waals surface area contributed by atoms with E-state index in [-0.39, 0.29) is 53.8 Å². The summed E-state index contributed by atoms with van der Waals surface area (Å²) in [5.41, 5.74) is 13.8. The fourth-order valence-corrected chi connectivity index (χ4v) is 5.54. The zero-order chi connectivity index (χ0) is 29.6. The zero-order valence-electron chi connectivity index (χ0n) is 23.1. The predicted octanol–water partition coefficient (Wildman–Crippen LogP) is 2.38. The highest BCUT2D eigenvalue weighted by Gasteiger charge is 2.26. The largest absolute Gasteiger partial charge is 0.422 e. The Hall–Kier alpha value is -3.78. The number of nitrogens with zero attached hydrogens (tertiary/aromatic N) is 1. The van der Waals surface area contributed by atoms with Gasteiger partial charge in [-0.05, 0) is 72.0 Å². The lowest BCUT2D eigenvalue weighted by atomic mass is 10.1. The van der Waals surface area contributed by atoms with Crippen molar-refractivity contribution >= 4 is 64.4 Å². The zero-order valence-corrected chi connectivity index (χ0v) is 25.5. The molecule has 11 nitrogen and oxygen atoms in total. The lowest BCUT2D eigenvalue weighted by Gasteiger charge is -2.17. The molecule has 43 heavy (non-hydrogen) atoms. The van der Waals surface area contributed by atoms with Gasteiger partial charge in [0, 0.05) is 24.9 Å². The number of rotatable bonds is 10. The van der Waals surface area contributed by atoms with Crippen molar-refractivity contribution in [3.63, 3.8) is 0 Å². The summed E-state index contributed by atoms with van der Waals surface area (Å²) in [5, 5.41) is 0. The SMILES string of the molecule is CN(C(=O)/C=C/c1ccc(OC(=O)CN)c(OC(=O)CN)c1)c1ccc(S(=O)(=O)NC2Cc3ccccc3C2)cc1.Cl.Cl. The Bertz CT molecular complexity index is 1570. The van der Waals surface area contributed by atoms with Crippen LogP contribution in [0.2, 0.25) is 0 Å². The Labute approximate surface area is 262 Å². The van der Waals surface area contributed by atoms with E-state index in [2.05, 4.69) is 4.72 Å². The van der Waals surface area contributed by atoms with Crippen molar-refractivity contribution < 1.29 is 32.3 Å². The Balaban J connectivity index is 0.00000323. The summed E-state index contributed by atoms with van der Waals surface area (Å²) in [4.78, 5) is 37.5. The smallest absolute Gasteiger partial charge is 0.325 e. The quantitative estimate of drug-likeness (QED) is 0.169. The van der Waals surface area contributed by atoms with Crippen LogP contribution in [0.25, 0.3) is 6.08 Å². The van der Waals surface area contributed by atoms with Crippen LogP contribution in [-0.4, -0.2) is 52.4 Å². The van der Waals surface area contributed by atoms with E-state index >= 15 is 0 Å². The number of nitrogens with one attached hydrogen (secondary N) is 1. The molecule has 0 bridgehead atoms. The third-order valence-electron chi connectivity index (χ3n) is 6.40. The first-order valence-electron chi connectivity index (χ1n) is 12.7. The molecule has 3 aromatic rings. The topological polar surface area (TPSA) is 171 Å². The van der Waals surface area contributed by atoms with Crippen molar-refractivity contribution in [3.05, 3.63) is 89.5 Å². The lowest BCUT2D eigenvalue weighted by Crippen LogP contribution is -2.35. The number of benzene rings is 3. The molecule has 0 atom stereocenters. The second kappa shape index (κ2) is 15.6. The van der Waals surface area contributed by atoms with Crippen LogP contribution >= 0.6 is 24.8 Å². The second-order valence-electron chi connectivity index (χ2n) is 9.28. The summed E-state index contributed by atoms with van der Waals surface area (Å²) in [6, 6.07) is 18.0. The van der Waals surface area contributed by atoms with Crippen LogP contribution < -0.4 is 30.6 Å². The molecule has 1 aliphatic rings. The average Bonchev–Trinajstić information content (AvgIpc) is 3.38. The first kappa shape index (κ1) is 35.4. The molecule has 0 saturated carbocycles. The maximum Gasteiger partial charge on any atom is 0.325 e. The van der Waals surface area contributed by atoms with Crippen molar-refractivity contribution in [2.75, 3.05) is 25.0 Å². The van der Waals surface area contributed by atoms with Gasteiger partial charge in [0.2, 0.25) is 10.0 Å². The minimum Gasteiger partial charge on any atom is -0.422 e. The lowest BCUT2D eigenvalue weighted by molar-refractivity contribution is -0.135. The summed E-state index contributed by atoms with van der Waals surface area (Å²) in [6.07, 6.45) is 4.04. The number of carbonyl (C=O) groups excluding carboxylic acids is 3. The summed E-state index contributed by atoms with van der Waals surface area (Å²) in [7, 11) is -2.20. The van der Waals surface area contributed by atoms with Crippen LogP contribution in [-0.2, 0) is 37.2 Å². The minimum absolute atomic E-state index is 0. The fourth-order valence-electron chi connectivity index (χ4n) is 4.31. The van der Waals surface area contributed by atoms with Gasteiger partial charge in [-0.15, -0.1) is 24.8 Å². The number of carbonyl (C=O) groups is 3. The number of hydrogen-bond acceptors (Lipinski definition) is 9. The summed E-state index contributed by atoms with van der Waals surface area (Å²) >= 11 is 0. The van der Waals surface area contributed by atoms with Crippen molar-refractivity contribution in [2.24, 2.45) is 11.5 Å². The Morgan fingerprint density at radius 3 is 2.00 bits per heavy atom. The van der Waals surface area contributed by atoms with Gasteiger partial charge < -0.3 is 25.8 Å². The summed E-state index contributed by atoms with van der Waals surface area (Å²) < 4.78 is 38.9. The average molecular weight is 652 g/mol. The number of amides is 1. The van der Waals surface area contributed by atoms with Gasteiger partial charge in [-0.25, -0.2) is 13.1 Å². The van der Waals surface area contributed by atoms with Crippen LogP contribution in [0, 0.1) is 0 Å². The van der Waals surface area contributed by atoms with Gasteiger partial charge in [0.25, 0.3) is 5.91 Å². The highest BCUT2D eigenvalue weighted by molar-refractivity contribution is 7.89. The molecule has 0 aliphatic heterocycles. The predicted molar refractivity (Wildman–Crippen MR) is 167 cm³/mol. The van der Waals surface area contributed by atoms with E-state index < -0.39 is 34.4 Å². The molecule has 1 aliphatic carbocycles. The van der Waals surface area contributed by atoms with E-state index in [0.717, 1.165) is 11.1 Å². The number of fused-ring (bicyclic) bond motifs is 1. The molecule has 0 spiro atoms. The first-order chi connectivity index (χ1) is 19.6. The minimum atomic E-state index is -3.75.